The fourth-order valence-electron chi connectivity index (χ4n) is 2.27. The van der Waals surface area contributed by atoms with Crippen molar-refractivity contribution in [2.75, 3.05) is 0 Å². The second-order valence-corrected chi connectivity index (χ2v) is 5.73. The SMILES string of the molecule is Cc1noc(C)c1C(C)NCc1ccc([N+](=O)[O-])cc1Br. The van der Waals surface area contributed by atoms with Gasteiger partial charge in [0.1, 0.15) is 5.76 Å². The molecule has 0 spiro atoms. The predicted molar refractivity (Wildman–Crippen MR) is 82.0 cm³/mol. The minimum atomic E-state index is -0.408. The summed E-state index contributed by atoms with van der Waals surface area (Å²) in [6.07, 6.45) is 0. The largest absolute Gasteiger partial charge is 0.361 e. The molecule has 1 N–H and O–H groups in total. The Morgan fingerprint density at radius 1 is 1.48 bits per heavy atom. The van der Waals surface area contributed by atoms with Crippen molar-refractivity contribution < 1.29 is 9.45 Å². The van der Waals surface area contributed by atoms with E-state index >= 15 is 0 Å². The van der Waals surface area contributed by atoms with Crippen molar-refractivity contribution in [3.05, 3.63) is 55.4 Å². The summed E-state index contributed by atoms with van der Waals surface area (Å²) in [7, 11) is 0. The highest BCUT2D eigenvalue weighted by Crippen LogP contribution is 2.25. The van der Waals surface area contributed by atoms with Crippen LogP contribution in [-0.2, 0) is 6.54 Å². The second-order valence-electron chi connectivity index (χ2n) is 4.87. The normalized spacial score (nSPS) is 12.4. The monoisotopic (exact) mass is 353 g/mol. The molecule has 2 aromatic rings. The van der Waals surface area contributed by atoms with Crippen LogP contribution in [0.15, 0.2) is 27.2 Å². The average molecular weight is 354 g/mol. The molecule has 0 aliphatic carbocycles. The lowest BCUT2D eigenvalue weighted by Gasteiger charge is -2.14. The summed E-state index contributed by atoms with van der Waals surface area (Å²) in [5.74, 6) is 0.801. The first-order valence-corrected chi connectivity index (χ1v) is 7.28. The molecule has 1 unspecified atom stereocenters. The van der Waals surface area contributed by atoms with Gasteiger partial charge in [-0.15, -0.1) is 0 Å². The van der Waals surface area contributed by atoms with E-state index in [1.807, 2.05) is 20.8 Å². The highest BCUT2D eigenvalue weighted by Gasteiger charge is 2.16. The Labute approximate surface area is 130 Å². The molecule has 7 heteroatoms. The molecule has 0 radical (unpaired) electrons. The lowest BCUT2D eigenvalue weighted by Crippen LogP contribution is -2.19. The highest BCUT2D eigenvalue weighted by atomic mass is 79.9. The van der Waals surface area contributed by atoms with E-state index in [1.54, 1.807) is 6.07 Å². The number of non-ortho nitro benzene ring substituents is 1. The van der Waals surface area contributed by atoms with E-state index in [4.69, 9.17) is 4.52 Å². The molecule has 21 heavy (non-hydrogen) atoms. The lowest BCUT2D eigenvalue weighted by atomic mass is 10.1. The maximum absolute atomic E-state index is 10.7. The van der Waals surface area contributed by atoms with Crippen LogP contribution in [0.5, 0.6) is 0 Å². The zero-order chi connectivity index (χ0) is 15.6. The number of hydrogen-bond acceptors (Lipinski definition) is 5. The molecule has 0 aliphatic heterocycles. The molecule has 0 saturated heterocycles. The first-order chi connectivity index (χ1) is 9.90. The first kappa shape index (κ1) is 15.7. The van der Waals surface area contributed by atoms with Crippen molar-refractivity contribution in [1.29, 1.82) is 0 Å². The minimum Gasteiger partial charge on any atom is -0.361 e. The van der Waals surface area contributed by atoms with Crippen LogP contribution < -0.4 is 5.32 Å². The van der Waals surface area contributed by atoms with E-state index in [-0.39, 0.29) is 11.7 Å². The number of nitro benzene ring substituents is 1. The smallest absolute Gasteiger partial charge is 0.270 e. The average Bonchev–Trinajstić information content (AvgIpc) is 2.76. The van der Waals surface area contributed by atoms with Crippen molar-refractivity contribution in [2.24, 2.45) is 0 Å². The van der Waals surface area contributed by atoms with Gasteiger partial charge in [-0.2, -0.15) is 0 Å². The number of nitrogens with one attached hydrogen (secondary N) is 1. The molecule has 0 amide bonds. The maximum atomic E-state index is 10.7. The molecular weight excluding hydrogens is 338 g/mol. The quantitative estimate of drug-likeness (QED) is 0.652. The summed E-state index contributed by atoms with van der Waals surface area (Å²) in [5, 5.41) is 18.0. The van der Waals surface area contributed by atoms with Gasteiger partial charge in [0.2, 0.25) is 0 Å². The number of nitro groups is 1. The van der Waals surface area contributed by atoms with Crippen LogP contribution >= 0.6 is 15.9 Å². The van der Waals surface area contributed by atoms with Crippen molar-refractivity contribution in [3.63, 3.8) is 0 Å². The number of aromatic nitrogens is 1. The second kappa shape index (κ2) is 6.36. The molecule has 0 bridgehead atoms. The molecule has 1 aromatic heterocycles. The molecular formula is C14H16BrN3O3. The van der Waals surface area contributed by atoms with E-state index in [0.717, 1.165) is 27.1 Å². The third-order valence-electron chi connectivity index (χ3n) is 3.37. The third kappa shape index (κ3) is 3.48. The molecule has 6 nitrogen and oxygen atoms in total. The van der Waals surface area contributed by atoms with Crippen LogP contribution in [0.25, 0.3) is 0 Å². The van der Waals surface area contributed by atoms with Crippen molar-refractivity contribution in [1.82, 2.24) is 10.5 Å². The first-order valence-electron chi connectivity index (χ1n) is 6.49. The maximum Gasteiger partial charge on any atom is 0.270 e. The molecule has 112 valence electrons. The molecule has 0 saturated carbocycles. The summed E-state index contributed by atoms with van der Waals surface area (Å²) in [6.45, 7) is 6.41. The Kier molecular flexibility index (Phi) is 4.74. The van der Waals surface area contributed by atoms with E-state index in [0.29, 0.717) is 6.54 Å². The van der Waals surface area contributed by atoms with Crippen LogP contribution in [-0.4, -0.2) is 10.1 Å². The predicted octanol–water partition coefficient (Wildman–Crippen LogP) is 3.81. The van der Waals surface area contributed by atoms with Crippen molar-refractivity contribution in [2.45, 2.75) is 33.4 Å². The van der Waals surface area contributed by atoms with Gasteiger partial charge in [0.25, 0.3) is 5.69 Å². The van der Waals surface area contributed by atoms with Gasteiger partial charge in [0.15, 0.2) is 0 Å². The van der Waals surface area contributed by atoms with E-state index in [1.165, 1.54) is 12.1 Å². The fourth-order valence-corrected chi connectivity index (χ4v) is 2.77. The Morgan fingerprint density at radius 3 is 2.71 bits per heavy atom. The molecule has 2 rings (SSSR count). The van der Waals surface area contributed by atoms with Gasteiger partial charge in [-0.1, -0.05) is 21.1 Å². The van der Waals surface area contributed by atoms with E-state index in [9.17, 15) is 10.1 Å². The zero-order valence-electron chi connectivity index (χ0n) is 12.0. The standard InChI is InChI=1S/C14H16BrN3O3/c1-8(14-9(2)17-21-10(14)3)16-7-11-4-5-12(18(19)20)6-13(11)15/h4-6,8,16H,7H2,1-3H3. The Bertz CT molecular complexity index is 650. The van der Waals surface area contributed by atoms with Gasteiger partial charge in [0, 0.05) is 34.8 Å². The summed E-state index contributed by atoms with van der Waals surface area (Å²) < 4.78 is 5.88. The molecule has 0 fully saturated rings. The topological polar surface area (TPSA) is 81.2 Å². The van der Waals surface area contributed by atoms with Gasteiger partial charge < -0.3 is 9.84 Å². The van der Waals surface area contributed by atoms with Crippen LogP contribution in [0.1, 0.15) is 35.5 Å². The highest BCUT2D eigenvalue weighted by molar-refractivity contribution is 9.10. The van der Waals surface area contributed by atoms with E-state index < -0.39 is 4.92 Å². The summed E-state index contributed by atoms with van der Waals surface area (Å²) in [6, 6.07) is 4.84. The Hall–Kier alpha value is -1.73. The Balaban J connectivity index is 2.08. The van der Waals surface area contributed by atoms with Gasteiger partial charge in [-0.3, -0.25) is 10.1 Å². The van der Waals surface area contributed by atoms with Crippen LogP contribution in [0.2, 0.25) is 0 Å². The molecule has 1 aromatic carbocycles. The van der Waals surface area contributed by atoms with Gasteiger partial charge in [0.05, 0.1) is 10.6 Å². The minimum absolute atomic E-state index is 0.0735. The third-order valence-corrected chi connectivity index (χ3v) is 4.11. The summed E-state index contributed by atoms with van der Waals surface area (Å²) in [5.41, 5.74) is 2.95. The zero-order valence-corrected chi connectivity index (χ0v) is 13.6. The summed E-state index contributed by atoms with van der Waals surface area (Å²) >= 11 is 3.37. The van der Waals surface area contributed by atoms with E-state index in [2.05, 4.69) is 26.4 Å². The van der Waals surface area contributed by atoms with Crippen LogP contribution in [0, 0.1) is 24.0 Å². The van der Waals surface area contributed by atoms with Gasteiger partial charge in [-0.05, 0) is 32.4 Å². The number of nitrogens with zero attached hydrogens (tertiary/aromatic N) is 2. The lowest BCUT2D eigenvalue weighted by molar-refractivity contribution is -0.384. The number of benzene rings is 1. The van der Waals surface area contributed by atoms with Gasteiger partial charge >= 0.3 is 0 Å². The Morgan fingerprint density at radius 2 is 2.19 bits per heavy atom. The molecule has 0 aliphatic rings. The fraction of sp³-hybridized carbons (Fsp3) is 0.357. The number of halogens is 1. The number of rotatable bonds is 5. The van der Waals surface area contributed by atoms with Crippen molar-refractivity contribution >= 4 is 21.6 Å². The molecule has 1 heterocycles. The summed E-state index contributed by atoms with van der Waals surface area (Å²) in [4.78, 5) is 10.3. The molecule has 1 atom stereocenters. The number of hydrogen-bond donors (Lipinski definition) is 1. The van der Waals surface area contributed by atoms with Gasteiger partial charge in [-0.25, -0.2) is 0 Å². The van der Waals surface area contributed by atoms with Crippen LogP contribution in [0.3, 0.4) is 0 Å². The van der Waals surface area contributed by atoms with Crippen molar-refractivity contribution in [3.8, 4) is 0 Å². The number of aryl methyl sites for hydroxylation is 2. The van der Waals surface area contributed by atoms with Crippen LogP contribution in [0.4, 0.5) is 5.69 Å².